The third kappa shape index (κ3) is 1.90. The van der Waals surface area contributed by atoms with Gasteiger partial charge < -0.3 is 9.84 Å². The molecule has 0 aliphatic carbocycles. The lowest BCUT2D eigenvalue weighted by Crippen LogP contribution is -2.48. The summed E-state index contributed by atoms with van der Waals surface area (Å²) in [5.41, 5.74) is -2.50. The van der Waals surface area contributed by atoms with Gasteiger partial charge >= 0.3 is 0 Å². The molecule has 1 heterocycles. The van der Waals surface area contributed by atoms with Crippen LogP contribution < -0.4 is 0 Å². The molecule has 1 aliphatic rings. The van der Waals surface area contributed by atoms with Crippen LogP contribution in [0.25, 0.3) is 0 Å². The molecule has 0 aromatic heterocycles. The Kier molecular flexibility index (Phi) is 3.38. The zero-order valence-electron chi connectivity index (χ0n) is 10.3. The summed E-state index contributed by atoms with van der Waals surface area (Å²) in [5, 5.41) is 20.1. The van der Waals surface area contributed by atoms with E-state index in [0.717, 1.165) is 0 Å². The van der Waals surface area contributed by atoms with Crippen molar-refractivity contribution >= 4 is 0 Å². The molecule has 1 aliphatic heterocycles. The minimum absolute atomic E-state index is 0.130. The van der Waals surface area contributed by atoms with Gasteiger partial charge in [0.25, 0.3) is 0 Å². The molecule has 0 bridgehead atoms. The van der Waals surface area contributed by atoms with Crippen LogP contribution in [-0.4, -0.2) is 18.3 Å². The number of hydrogen-bond acceptors (Lipinski definition) is 3. The van der Waals surface area contributed by atoms with E-state index in [1.165, 1.54) is 19.1 Å². The van der Waals surface area contributed by atoms with Crippen LogP contribution in [0.3, 0.4) is 0 Å². The van der Waals surface area contributed by atoms with Crippen LogP contribution in [0.1, 0.15) is 25.3 Å². The summed E-state index contributed by atoms with van der Waals surface area (Å²) in [6.07, 6.45) is 1.20. The lowest BCUT2D eigenvalue weighted by Gasteiger charge is -2.42. The van der Waals surface area contributed by atoms with Crippen molar-refractivity contribution < 1.29 is 14.2 Å². The van der Waals surface area contributed by atoms with Crippen molar-refractivity contribution in [2.24, 2.45) is 5.41 Å². The normalized spacial score (nSPS) is 27.2. The Bertz CT molecular complexity index is 473. The van der Waals surface area contributed by atoms with Crippen LogP contribution in [0.4, 0.5) is 4.39 Å². The Morgan fingerprint density at radius 2 is 2.22 bits per heavy atom. The zero-order chi connectivity index (χ0) is 13.2. The number of nitriles is 1. The molecular formula is C14H16FNO2. The molecule has 0 spiro atoms. The predicted molar refractivity (Wildman–Crippen MR) is 64.1 cm³/mol. The molecule has 2 atom stereocenters. The fourth-order valence-corrected chi connectivity index (χ4v) is 2.49. The highest BCUT2D eigenvalue weighted by molar-refractivity contribution is 5.30. The fraction of sp³-hybridized carbons (Fsp3) is 0.500. The number of aliphatic hydroxyl groups is 1. The molecule has 1 aromatic rings. The van der Waals surface area contributed by atoms with Crippen molar-refractivity contribution in [3.8, 4) is 6.07 Å². The van der Waals surface area contributed by atoms with Crippen LogP contribution in [0.5, 0.6) is 0 Å². The van der Waals surface area contributed by atoms with E-state index >= 15 is 0 Å². The highest BCUT2D eigenvalue weighted by atomic mass is 19.1. The topological polar surface area (TPSA) is 53.2 Å². The van der Waals surface area contributed by atoms with Crippen LogP contribution in [0, 0.1) is 22.6 Å². The van der Waals surface area contributed by atoms with Gasteiger partial charge in [0.1, 0.15) is 16.8 Å². The van der Waals surface area contributed by atoms with Crippen molar-refractivity contribution in [1.29, 1.82) is 5.26 Å². The van der Waals surface area contributed by atoms with Crippen LogP contribution in [0.2, 0.25) is 0 Å². The van der Waals surface area contributed by atoms with Crippen molar-refractivity contribution in [3.63, 3.8) is 0 Å². The van der Waals surface area contributed by atoms with Gasteiger partial charge in [-0.1, -0.05) is 18.2 Å². The monoisotopic (exact) mass is 249 g/mol. The number of halogens is 1. The molecule has 0 saturated carbocycles. The van der Waals surface area contributed by atoms with Gasteiger partial charge in [0.05, 0.1) is 12.7 Å². The van der Waals surface area contributed by atoms with Crippen LogP contribution >= 0.6 is 0 Å². The van der Waals surface area contributed by atoms with Gasteiger partial charge in [-0.25, -0.2) is 4.39 Å². The van der Waals surface area contributed by atoms with E-state index < -0.39 is 16.8 Å². The number of benzene rings is 1. The Labute approximate surface area is 106 Å². The smallest absolute Gasteiger partial charge is 0.129 e. The lowest BCUT2D eigenvalue weighted by molar-refractivity contribution is -0.114. The van der Waals surface area contributed by atoms with Gasteiger partial charge in [-0.15, -0.1) is 0 Å². The number of nitrogens with zero attached hydrogens (tertiary/aromatic N) is 1. The minimum atomic E-state index is -1.56. The molecular weight excluding hydrogens is 233 g/mol. The maximum atomic E-state index is 13.8. The quantitative estimate of drug-likeness (QED) is 0.875. The van der Waals surface area contributed by atoms with E-state index in [0.29, 0.717) is 19.4 Å². The molecule has 2 rings (SSSR count). The third-order valence-corrected chi connectivity index (χ3v) is 3.78. The first-order valence-corrected chi connectivity index (χ1v) is 6.00. The molecule has 1 saturated heterocycles. The van der Waals surface area contributed by atoms with E-state index in [4.69, 9.17) is 4.74 Å². The molecule has 18 heavy (non-hydrogen) atoms. The van der Waals surface area contributed by atoms with E-state index in [9.17, 15) is 14.8 Å². The largest absolute Gasteiger partial charge is 0.384 e. The third-order valence-electron chi connectivity index (χ3n) is 3.78. The summed E-state index contributed by atoms with van der Waals surface area (Å²) < 4.78 is 19.2. The standard InChI is InChI=1S/C14H16FNO2/c1-13(17,11-5-2-3-6-12(11)15)14(9-16)7-4-8-18-10-14/h2-3,5-6,17H,4,7-8,10H2,1H3. The number of ether oxygens (including phenoxy) is 1. The fourth-order valence-electron chi connectivity index (χ4n) is 2.49. The summed E-state index contributed by atoms with van der Waals surface area (Å²) in [5.74, 6) is -0.498. The predicted octanol–water partition coefficient (Wildman–Crippen LogP) is 2.35. The number of hydrogen-bond donors (Lipinski definition) is 1. The molecule has 1 fully saturated rings. The zero-order valence-corrected chi connectivity index (χ0v) is 10.3. The first kappa shape index (κ1) is 13.0. The summed E-state index contributed by atoms with van der Waals surface area (Å²) in [6.45, 7) is 2.20. The first-order valence-electron chi connectivity index (χ1n) is 6.00. The summed E-state index contributed by atoms with van der Waals surface area (Å²) in [6, 6.07) is 8.16. The van der Waals surface area contributed by atoms with Gasteiger partial charge in [0.2, 0.25) is 0 Å². The first-order chi connectivity index (χ1) is 8.53. The Morgan fingerprint density at radius 3 is 2.78 bits per heavy atom. The summed E-state index contributed by atoms with van der Waals surface area (Å²) >= 11 is 0. The highest BCUT2D eigenvalue weighted by Gasteiger charge is 2.51. The van der Waals surface area contributed by atoms with Gasteiger partial charge in [-0.05, 0) is 25.8 Å². The van der Waals surface area contributed by atoms with Crippen molar-refractivity contribution in [2.75, 3.05) is 13.2 Å². The van der Waals surface area contributed by atoms with E-state index in [2.05, 4.69) is 6.07 Å². The van der Waals surface area contributed by atoms with Crippen molar-refractivity contribution in [2.45, 2.75) is 25.4 Å². The second-order valence-electron chi connectivity index (χ2n) is 4.90. The molecule has 0 radical (unpaired) electrons. The molecule has 1 aromatic carbocycles. The van der Waals surface area contributed by atoms with Crippen LogP contribution in [0.15, 0.2) is 24.3 Å². The van der Waals surface area contributed by atoms with E-state index in [-0.39, 0.29) is 12.2 Å². The summed E-state index contributed by atoms with van der Waals surface area (Å²) in [4.78, 5) is 0. The second-order valence-corrected chi connectivity index (χ2v) is 4.90. The van der Waals surface area contributed by atoms with Crippen LogP contribution in [-0.2, 0) is 10.3 Å². The SMILES string of the molecule is CC(O)(c1ccccc1F)C1(C#N)CCCOC1. The maximum Gasteiger partial charge on any atom is 0.129 e. The Balaban J connectivity index is 2.47. The molecule has 0 amide bonds. The van der Waals surface area contributed by atoms with Gasteiger partial charge in [-0.3, -0.25) is 0 Å². The Morgan fingerprint density at radius 1 is 1.50 bits per heavy atom. The Hall–Kier alpha value is -1.44. The average Bonchev–Trinajstić information content (AvgIpc) is 2.39. The highest BCUT2D eigenvalue weighted by Crippen LogP contribution is 2.45. The van der Waals surface area contributed by atoms with E-state index in [1.54, 1.807) is 12.1 Å². The van der Waals surface area contributed by atoms with Crippen molar-refractivity contribution in [3.05, 3.63) is 35.6 Å². The molecule has 3 nitrogen and oxygen atoms in total. The molecule has 2 unspecified atom stereocenters. The maximum absolute atomic E-state index is 13.8. The molecule has 96 valence electrons. The molecule has 1 N–H and O–H groups in total. The second kappa shape index (κ2) is 4.68. The lowest BCUT2D eigenvalue weighted by atomic mass is 9.67. The minimum Gasteiger partial charge on any atom is -0.384 e. The van der Waals surface area contributed by atoms with Gasteiger partial charge in [0.15, 0.2) is 0 Å². The van der Waals surface area contributed by atoms with Gasteiger partial charge in [-0.2, -0.15) is 5.26 Å². The summed E-state index contributed by atoms with van der Waals surface area (Å²) in [7, 11) is 0. The molecule has 4 heteroatoms. The van der Waals surface area contributed by atoms with Gasteiger partial charge in [0, 0.05) is 12.2 Å². The van der Waals surface area contributed by atoms with E-state index in [1.807, 2.05) is 0 Å². The van der Waals surface area contributed by atoms with Crippen molar-refractivity contribution in [1.82, 2.24) is 0 Å². The average molecular weight is 249 g/mol. The number of rotatable bonds is 2.